The van der Waals surface area contributed by atoms with E-state index in [0.717, 1.165) is 0 Å². The molecule has 0 saturated carbocycles. The van der Waals surface area contributed by atoms with Gasteiger partial charge in [0, 0.05) is 16.8 Å². The van der Waals surface area contributed by atoms with Crippen LogP contribution in [-0.4, -0.2) is 44.9 Å². The van der Waals surface area contributed by atoms with Gasteiger partial charge in [0.05, 0.1) is 14.2 Å². The van der Waals surface area contributed by atoms with Gasteiger partial charge < -0.3 is 25.3 Å². The van der Waals surface area contributed by atoms with Crippen molar-refractivity contribution in [3.8, 4) is 11.5 Å². The smallest absolute Gasteiger partial charge is 0.343 e. The van der Waals surface area contributed by atoms with Crippen LogP contribution in [0.1, 0.15) is 31.1 Å². The first-order valence-corrected chi connectivity index (χ1v) is 7.98. The maximum Gasteiger partial charge on any atom is 0.343 e. The van der Waals surface area contributed by atoms with Gasteiger partial charge in [-0.2, -0.15) is 0 Å². The molecule has 0 unspecified atom stereocenters. The second-order valence-electron chi connectivity index (χ2n) is 5.45. The molecule has 2 amide bonds. The number of carbonyl (C=O) groups excluding carboxylic acids is 4. The van der Waals surface area contributed by atoms with Crippen molar-refractivity contribution < 1.29 is 33.4 Å². The Hall–Kier alpha value is -3.88. The molecule has 0 spiro atoms. The number of benzene rings is 2. The van der Waals surface area contributed by atoms with Crippen LogP contribution in [0.15, 0.2) is 36.4 Å². The minimum atomic E-state index is -0.919. The average molecular weight is 386 g/mol. The molecule has 3 N–H and O–H groups in total. The summed E-state index contributed by atoms with van der Waals surface area (Å²) in [7, 11) is 2.69. The molecule has 0 aliphatic heterocycles. The summed E-state index contributed by atoms with van der Waals surface area (Å²) in [5, 5.41) is 2.50. The fraction of sp³-hybridized carbons (Fsp3) is 0.158. The maximum absolute atomic E-state index is 12.4. The monoisotopic (exact) mass is 386 g/mol. The van der Waals surface area contributed by atoms with E-state index < -0.39 is 24.4 Å². The summed E-state index contributed by atoms with van der Waals surface area (Å²) in [4.78, 5) is 46.7. The molecule has 0 atom stereocenters. The van der Waals surface area contributed by atoms with Crippen molar-refractivity contribution in [3.05, 3.63) is 53.1 Å². The molecule has 28 heavy (non-hydrogen) atoms. The lowest BCUT2D eigenvalue weighted by molar-refractivity contribution is -0.119. The van der Waals surface area contributed by atoms with Crippen molar-refractivity contribution in [1.29, 1.82) is 0 Å². The third-order valence-corrected chi connectivity index (χ3v) is 3.70. The third-order valence-electron chi connectivity index (χ3n) is 3.70. The van der Waals surface area contributed by atoms with Crippen LogP contribution in [0.5, 0.6) is 11.5 Å². The summed E-state index contributed by atoms with van der Waals surface area (Å²) < 4.78 is 15.2. The molecule has 0 aliphatic carbocycles. The Morgan fingerprint density at radius 3 is 2.25 bits per heavy atom. The number of nitrogens with one attached hydrogen (secondary N) is 1. The normalized spacial score (nSPS) is 9.93. The highest BCUT2D eigenvalue weighted by molar-refractivity contribution is 6.03. The molecular formula is C19H18N2O7. The number of amides is 2. The van der Waals surface area contributed by atoms with E-state index in [1.807, 2.05) is 0 Å². The largest absolute Gasteiger partial charge is 0.493 e. The van der Waals surface area contributed by atoms with E-state index in [-0.39, 0.29) is 28.2 Å². The number of esters is 1. The van der Waals surface area contributed by atoms with Crippen molar-refractivity contribution in [2.45, 2.75) is 0 Å². The Balaban J connectivity index is 2.08. The van der Waals surface area contributed by atoms with E-state index in [0.29, 0.717) is 12.0 Å². The molecule has 2 rings (SSSR count). The lowest BCUT2D eigenvalue weighted by Gasteiger charge is -2.14. The first kappa shape index (κ1) is 20.4. The number of aldehydes is 1. The topological polar surface area (TPSA) is 134 Å². The number of primary amides is 1. The Bertz CT molecular complexity index is 907. The number of nitrogens with two attached hydrogens (primary N) is 1. The van der Waals surface area contributed by atoms with Gasteiger partial charge in [-0.05, 0) is 36.4 Å². The van der Waals surface area contributed by atoms with Crippen molar-refractivity contribution >= 4 is 29.8 Å². The highest BCUT2D eigenvalue weighted by Crippen LogP contribution is 2.33. The van der Waals surface area contributed by atoms with Gasteiger partial charge >= 0.3 is 5.97 Å². The average Bonchev–Trinajstić information content (AvgIpc) is 2.71. The predicted octanol–water partition coefficient (Wildman–Crippen LogP) is 1.41. The van der Waals surface area contributed by atoms with Crippen LogP contribution in [0.2, 0.25) is 0 Å². The summed E-state index contributed by atoms with van der Waals surface area (Å²) in [6, 6.07) is 8.71. The summed E-state index contributed by atoms with van der Waals surface area (Å²) in [6.45, 7) is -0.602. The van der Waals surface area contributed by atoms with Gasteiger partial charge in [-0.1, -0.05) is 0 Å². The summed E-state index contributed by atoms with van der Waals surface area (Å²) >= 11 is 0. The SMILES string of the molecule is COc1ccc(C=O)c(C(=O)OCC(=O)Nc2ccc(C(N)=O)cc2)c1OC. The van der Waals surface area contributed by atoms with Gasteiger partial charge in [0.25, 0.3) is 5.91 Å². The van der Waals surface area contributed by atoms with Crippen LogP contribution >= 0.6 is 0 Å². The lowest BCUT2D eigenvalue weighted by Crippen LogP contribution is -2.22. The predicted molar refractivity (Wildman–Crippen MR) is 98.8 cm³/mol. The standard InChI is InChI=1S/C19H18N2O7/c1-26-14-8-5-12(9-22)16(17(14)27-2)19(25)28-10-15(23)21-13-6-3-11(4-7-13)18(20)24/h3-9H,10H2,1-2H3,(H2,20,24)(H,21,23). The first-order valence-electron chi connectivity index (χ1n) is 7.98. The third kappa shape index (κ3) is 4.64. The number of carbonyl (C=O) groups is 4. The Morgan fingerprint density at radius 1 is 1.04 bits per heavy atom. The molecule has 0 aromatic heterocycles. The van der Waals surface area contributed by atoms with E-state index in [4.69, 9.17) is 19.9 Å². The number of anilines is 1. The van der Waals surface area contributed by atoms with Gasteiger partial charge in [-0.25, -0.2) is 4.79 Å². The van der Waals surface area contributed by atoms with E-state index in [1.54, 1.807) is 0 Å². The number of hydrogen-bond acceptors (Lipinski definition) is 7. The zero-order valence-corrected chi connectivity index (χ0v) is 15.2. The van der Waals surface area contributed by atoms with Crippen LogP contribution in [0.25, 0.3) is 0 Å². The van der Waals surface area contributed by atoms with Crippen molar-refractivity contribution in [1.82, 2.24) is 0 Å². The van der Waals surface area contributed by atoms with Crippen LogP contribution in [-0.2, 0) is 9.53 Å². The number of hydrogen-bond donors (Lipinski definition) is 2. The van der Waals surface area contributed by atoms with E-state index in [9.17, 15) is 19.2 Å². The Kier molecular flexibility index (Phi) is 6.69. The van der Waals surface area contributed by atoms with E-state index in [2.05, 4.69) is 5.32 Å². The maximum atomic E-state index is 12.4. The molecule has 2 aromatic rings. The second kappa shape index (κ2) is 9.17. The molecule has 0 aliphatic rings. The summed E-state index contributed by atoms with van der Waals surface area (Å²) in [5.41, 5.74) is 5.71. The molecule has 2 aromatic carbocycles. The van der Waals surface area contributed by atoms with Crippen LogP contribution < -0.4 is 20.5 Å². The highest BCUT2D eigenvalue weighted by atomic mass is 16.5. The molecule has 9 nitrogen and oxygen atoms in total. The number of ether oxygens (including phenoxy) is 3. The minimum Gasteiger partial charge on any atom is -0.493 e. The fourth-order valence-corrected chi connectivity index (χ4v) is 2.37. The molecule has 0 heterocycles. The van der Waals surface area contributed by atoms with Crippen LogP contribution in [0.3, 0.4) is 0 Å². The second-order valence-corrected chi connectivity index (χ2v) is 5.45. The number of rotatable bonds is 8. The quantitative estimate of drug-likeness (QED) is 0.517. The zero-order valence-electron chi connectivity index (χ0n) is 15.2. The molecule has 0 fully saturated rings. The summed E-state index contributed by atoms with van der Waals surface area (Å²) in [6.07, 6.45) is 0.471. The zero-order chi connectivity index (χ0) is 20.7. The number of methoxy groups -OCH3 is 2. The van der Waals surface area contributed by atoms with Gasteiger partial charge in [-0.3, -0.25) is 14.4 Å². The molecule has 0 radical (unpaired) electrons. The first-order chi connectivity index (χ1) is 13.4. The lowest BCUT2D eigenvalue weighted by atomic mass is 10.1. The minimum absolute atomic E-state index is 0.0274. The molecule has 9 heteroatoms. The molecular weight excluding hydrogens is 368 g/mol. The van der Waals surface area contributed by atoms with Crippen molar-refractivity contribution in [3.63, 3.8) is 0 Å². The van der Waals surface area contributed by atoms with Gasteiger partial charge in [0.2, 0.25) is 5.91 Å². The summed E-state index contributed by atoms with van der Waals surface area (Å²) in [5.74, 6) is -1.87. The van der Waals surface area contributed by atoms with E-state index >= 15 is 0 Å². The fourth-order valence-electron chi connectivity index (χ4n) is 2.37. The van der Waals surface area contributed by atoms with Crippen molar-refractivity contribution in [2.75, 3.05) is 26.1 Å². The van der Waals surface area contributed by atoms with Gasteiger partial charge in [0.1, 0.15) is 5.56 Å². The van der Waals surface area contributed by atoms with Gasteiger partial charge in [-0.15, -0.1) is 0 Å². The molecule has 0 saturated heterocycles. The van der Waals surface area contributed by atoms with Crippen LogP contribution in [0.4, 0.5) is 5.69 Å². The molecule has 146 valence electrons. The Labute approximate surface area is 160 Å². The van der Waals surface area contributed by atoms with E-state index in [1.165, 1.54) is 50.6 Å². The van der Waals surface area contributed by atoms with Crippen molar-refractivity contribution in [2.24, 2.45) is 5.73 Å². The highest BCUT2D eigenvalue weighted by Gasteiger charge is 2.23. The van der Waals surface area contributed by atoms with Crippen LogP contribution in [0, 0.1) is 0 Å². The Morgan fingerprint density at radius 2 is 1.71 bits per heavy atom. The van der Waals surface area contributed by atoms with Gasteiger partial charge in [0.15, 0.2) is 24.4 Å². The molecule has 0 bridgehead atoms.